The summed E-state index contributed by atoms with van der Waals surface area (Å²) in [7, 11) is 0. The summed E-state index contributed by atoms with van der Waals surface area (Å²) < 4.78 is 10.6. The van der Waals surface area contributed by atoms with Gasteiger partial charge in [0.1, 0.15) is 0 Å². The first kappa shape index (κ1) is 20.8. The second-order valence-corrected chi connectivity index (χ2v) is 8.10. The first-order valence-electron chi connectivity index (χ1n) is 10.4. The minimum Gasteiger partial charge on any atom is -0.452 e. The van der Waals surface area contributed by atoms with Gasteiger partial charge in [0.2, 0.25) is 0 Å². The lowest BCUT2D eigenvalue weighted by Gasteiger charge is -2.34. The molecule has 1 aromatic carbocycles. The molecule has 1 aliphatic heterocycles. The van der Waals surface area contributed by atoms with E-state index >= 15 is 0 Å². The summed E-state index contributed by atoms with van der Waals surface area (Å²) in [5, 5.41) is 3.03. The highest BCUT2D eigenvalue weighted by atomic mass is 16.5. The molecule has 0 radical (unpaired) electrons. The number of rotatable bonds is 6. The summed E-state index contributed by atoms with van der Waals surface area (Å²) in [4.78, 5) is 26.7. The molecule has 6 heteroatoms. The number of hydrogen-bond acceptors (Lipinski definition) is 5. The average Bonchev–Trinajstić information content (AvgIpc) is 2.71. The number of amides is 1. The summed E-state index contributed by atoms with van der Waals surface area (Å²) in [6, 6.07) is 7.59. The fourth-order valence-corrected chi connectivity index (χ4v) is 4.01. The van der Waals surface area contributed by atoms with Crippen molar-refractivity contribution in [2.45, 2.75) is 45.7 Å². The molecule has 1 N–H and O–H groups in total. The maximum absolute atomic E-state index is 12.2. The molecule has 1 saturated heterocycles. The molecule has 0 unspecified atom stereocenters. The lowest BCUT2D eigenvalue weighted by atomic mass is 9.78. The van der Waals surface area contributed by atoms with Gasteiger partial charge >= 0.3 is 5.97 Å². The summed E-state index contributed by atoms with van der Waals surface area (Å²) in [5.74, 6) is 0.381. The second kappa shape index (κ2) is 10.0. The van der Waals surface area contributed by atoms with Gasteiger partial charge in [-0.1, -0.05) is 38.8 Å². The van der Waals surface area contributed by atoms with Crippen LogP contribution in [0.3, 0.4) is 0 Å². The molecule has 154 valence electrons. The van der Waals surface area contributed by atoms with Crippen molar-refractivity contribution >= 4 is 11.9 Å². The molecule has 1 heterocycles. The van der Waals surface area contributed by atoms with Gasteiger partial charge < -0.3 is 14.8 Å². The SMILES string of the molecule is C[C@H]1[C@@H](NC(=O)COC(=O)c2ccc(CN3CCOCC3)cc2)CCC[C@@H]1C. The zero-order valence-corrected chi connectivity index (χ0v) is 17.0. The molecular formula is C22H32N2O4. The highest BCUT2D eigenvalue weighted by molar-refractivity contribution is 5.91. The van der Waals surface area contributed by atoms with Crippen molar-refractivity contribution in [1.29, 1.82) is 0 Å². The number of morpholine rings is 1. The van der Waals surface area contributed by atoms with Gasteiger partial charge in [-0.3, -0.25) is 9.69 Å². The van der Waals surface area contributed by atoms with Gasteiger partial charge in [0.25, 0.3) is 5.91 Å². The van der Waals surface area contributed by atoms with Gasteiger partial charge in [0.15, 0.2) is 6.61 Å². The number of carbonyl (C=O) groups excluding carboxylic acids is 2. The highest BCUT2D eigenvalue weighted by Crippen LogP contribution is 2.29. The molecule has 1 aliphatic carbocycles. The minimum absolute atomic E-state index is 0.175. The van der Waals surface area contributed by atoms with E-state index in [-0.39, 0.29) is 18.6 Å². The summed E-state index contributed by atoms with van der Waals surface area (Å²) >= 11 is 0. The summed E-state index contributed by atoms with van der Waals surface area (Å²) in [6.07, 6.45) is 3.34. The van der Waals surface area contributed by atoms with Gasteiger partial charge in [-0.15, -0.1) is 0 Å². The Bertz CT molecular complexity index is 655. The average molecular weight is 389 g/mol. The second-order valence-electron chi connectivity index (χ2n) is 8.10. The fraction of sp³-hybridized carbons (Fsp3) is 0.636. The fourth-order valence-electron chi connectivity index (χ4n) is 4.01. The van der Waals surface area contributed by atoms with Crippen LogP contribution in [-0.4, -0.2) is 55.7 Å². The summed E-state index contributed by atoms with van der Waals surface area (Å²) in [5.41, 5.74) is 1.62. The molecule has 3 atom stereocenters. The molecule has 6 nitrogen and oxygen atoms in total. The van der Waals surface area contributed by atoms with E-state index in [0.29, 0.717) is 17.4 Å². The minimum atomic E-state index is -0.460. The zero-order chi connectivity index (χ0) is 19.9. The number of hydrogen-bond donors (Lipinski definition) is 1. The maximum Gasteiger partial charge on any atom is 0.338 e. The third kappa shape index (κ3) is 5.79. The van der Waals surface area contributed by atoms with Crippen LogP contribution in [0.2, 0.25) is 0 Å². The number of esters is 1. The predicted octanol–water partition coefficient (Wildman–Crippen LogP) is 2.62. The van der Waals surface area contributed by atoms with E-state index in [1.54, 1.807) is 12.1 Å². The van der Waals surface area contributed by atoms with Crippen molar-refractivity contribution in [1.82, 2.24) is 10.2 Å². The molecule has 2 aliphatic rings. The van der Waals surface area contributed by atoms with Crippen LogP contribution in [0.15, 0.2) is 24.3 Å². The van der Waals surface area contributed by atoms with E-state index in [4.69, 9.17) is 9.47 Å². The Hall–Kier alpha value is -1.92. The van der Waals surface area contributed by atoms with E-state index in [2.05, 4.69) is 24.1 Å². The molecule has 1 aromatic rings. The monoisotopic (exact) mass is 388 g/mol. The first-order chi connectivity index (χ1) is 13.5. The molecule has 1 amide bonds. The number of nitrogens with one attached hydrogen (secondary N) is 1. The standard InChI is InChI=1S/C22H32N2O4/c1-16-4-3-5-20(17(16)2)23-21(25)15-28-22(26)19-8-6-18(7-9-19)14-24-10-12-27-13-11-24/h6-9,16-17,20H,3-5,10-15H2,1-2H3,(H,23,25)/t16-,17+,20-/m0/s1. The van der Waals surface area contributed by atoms with Gasteiger partial charge in [-0.25, -0.2) is 4.79 Å². The molecule has 2 fully saturated rings. The van der Waals surface area contributed by atoms with Crippen molar-refractivity contribution < 1.29 is 19.1 Å². The van der Waals surface area contributed by atoms with Crippen LogP contribution >= 0.6 is 0 Å². The molecule has 0 spiro atoms. The predicted molar refractivity (Wildman–Crippen MR) is 107 cm³/mol. The topological polar surface area (TPSA) is 67.9 Å². The third-order valence-corrected chi connectivity index (χ3v) is 6.09. The van der Waals surface area contributed by atoms with Crippen molar-refractivity contribution in [3.63, 3.8) is 0 Å². The lowest BCUT2D eigenvalue weighted by molar-refractivity contribution is -0.125. The smallest absolute Gasteiger partial charge is 0.338 e. The lowest BCUT2D eigenvalue weighted by Crippen LogP contribution is -2.45. The van der Waals surface area contributed by atoms with E-state index in [0.717, 1.165) is 51.3 Å². The quantitative estimate of drug-likeness (QED) is 0.759. The van der Waals surface area contributed by atoms with Gasteiger partial charge in [-0.05, 0) is 36.0 Å². The summed E-state index contributed by atoms with van der Waals surface area (Å²) in [6.45, 7) is 8.42. The Balaban J connectivity index is 1.43. The van der Waals surface area contributed by atoms with Gasteiger partial charge in [0.05, 0.1) is 18.8 Å². The highest BCUT2D eigenvalue weighted by Gasteiger charge is 2.28. The van der Waals surface area contributed by atoms with Crippen LogP contribution in [0.4, 0.5) is 0 Å². The Morgan fingerprint density at radius 2 is 1.86 bits per heavy atom. The molecule has 0 bridgehead atoms. The van der Waals surface area contributed by atoms with E-state index in [1.165, 1.54) is 6.42 Å². The normalized spacial score (nSPS) is 25.9. The first-order valence-corrected chi connectivity index (χ1v) is 10.4. The van der Waals surface area contributed by atoms with Crippen LogP contribution < -0.4 is 5.32 Å². The van der Waals surface area contributed by atoms with E-state index in [1.807, 2.05) is 12.1 Å². The van der Waals surface area contributed by atoms with Crippen LogP contribution in [0.1, 0.15) is 49.0 Å². The Kier molecular flexibility index (Phi) is 7.45. The van der Waals surface area contributed by atoms with E-state index in [9.17, 15) is 9.59 Å². The van der Waals surface area contributed by atoms with Gasteiger partial charge in [0, 0.05) is 25.7 Å². The Morgan fingerprint density at radius 1 is 1.14 bits per heavy atom. The third-order valence-electron chi connectivity index (χ3n) is 6.09. The van der Waals surface area contributed by atoms with Crippen LogP contribution in [-0.2, 0) is 20.8 Å². The Labute approximate surface area is 167 Å². The molecular weight excluding hydrogens is 356 g/mol. The molecule has 28 heavy (non-hydrogen) atoms. The van der Waals surface area contributed by atoms with Crippen LogP contribution in [0, 0.1) is 11.8 Å². The molecule has 3 rings (SSSR count). The number of carbonyl (C=O) groups is 2. The number of benzene rings is 1. The number of nitrogens with zero attached hydrogens (tertiary/aromatic N) is 1. The van der Waals surface area contributed by atoms with Crippen molar-refractivity contribution in [3.8, 4) is 0 Å². The maximum atomic E-state index is 12.2. The zero-order valence-electron chi connectivity index (χ0n) is 17.0. The van der Waals surface area contributed by atoms with Crippen LogP contribution in [0.5, 0.6) is 0 Å². The molecule has 0 aromatic heterocycles. The largest absolute Gasteiger partial charge is 0.452 e. The van der Waals surface area contributed by atoms with Crippen molar-refractivity contribution in [2.75, 3.05) is 32.9 Å². The van der Waals surface area contributed by atoms with Crippen LogP contribution in [0.25, 0.3) is 0 Å². The van der Waals surface area contributed by atoms with Crippen molar-refractivity contribution in [2.24, 2.45) is 11.8 Å². The molecule has 1 saturated carbocycles. The number of ether oxygens (including phenoxy) is 2. The van der Waals surface area contributed by atoms with Gasteiger partial charge in [-0.2, -0.15) is 0 Å². The Morgan fingerprint density at radius 3 is 2.57 bits per heavy atom. The van der Waals surface area contributed by atoms with E-state index < -0.39 is 5.97 Å². The van der Waals surface area contributed by atoms with Crippen molar-refractivity contribution in [3.05, 3.63) is 35.4 Å².